The molecule has 1 fully saturated rings. The number of aromatic nitrogens is 1. The summed E-state index contributed by atoms with van der Waals surface area (Å²) < 4.78 is 5.84. The molecule has 5 heteroatoms. The first-order valence-corrected chi connectivity index (χ1v) is 7.71. The van der Waals surface area contributed by atoms with Crippen LogP contribution >= 0.6 is 0 Å². The van der Waals surface area contributed by atoms with Gasteiger partial charge in [0.25, 0.3) is 0 Å². The van der Waals surface area contributed by atoms with Gasteiger partial charge in [-0.15, -0.1) is 0 Å². The minimum atomic E-state index is -0.196. The van der Waals surface area contributed by atoms with E-state index >= 15 is 0 Å². The number of amides is 1. The summed E-state index contributed by atoms with van der Waals surface area (Å²) in [6.45, 7) is 2.64. The van der Waals surface area contributed by atoms with E-state index in [1.54, 1.807) is 6.20 Å². The Kier molecular flexibility index (Phi) is 4.53. The third kappa shape index (κ3) is 3.74. The van der Waals surface area contributed by atoms with Crippen LogP contribution in [0, 0.1) is 5.92 Å². The highest BCUT2D eigenvalue weighted by atomic mass is 16.4. The van der Waals surface area contributed by atoms with Crippen molar-refractivity contribution in [2.45, 2.75) is 25.8 Å². The zero-order chi connectivity index (χ0) is 15.4. The highest BCUT2D eigenvalue weighted by molar-refractivity contribution is 5.74. The van der Waals surface area contributed by atoms with Gasteiger partial charge in [-0.3, -0.25) is 9.69 Å². The highest BCUT2D eigenvalue weighted by Crippen LogP contribution is 2.23. The Hall–Kier alpha value is -2.14. The van der Waals surface area contributed by atoms with Crippen LogP contribution in [-0.2, 0) is 11.3 Å². The summed E-state index contributed by atoms with van der Waals surface area (Å²) in [6, 6.07) is 9.98. The van der Waals surface area contributed by atoms with E-state index in [1.165, 1.54) is 0 Å². The van der Waals surface area contributed by atoms with Gasteiger partial charge < -0.3 is 10.2 Å². The van der Waals surface area contributed by atoms with Gasteiger partial charge in [0.1, 0.15) is 0 Å². The molecular formula is C17H21N3O2. The van der Waals surface area contributed by atoms with Crippen LogP contribution in [0.3, 0.4) is 0 Å². The Morgan fingerprint density at radius 3 is 2.68 bits per heavy atom. The number of carbonyl (C=O) groups excluding carboxylic acids is 1. The first kappa shape index (κ1) is 14.8. The molecule has 0 spiro atoms. The second-order valence-corrected chi connectivity index (χ2v) is 5.87. The third-order valence-corrected chi connectivity index (χ3v) is 4.17. The largest absolute Gasteiger partial charge is 0.439 e. The highest BCUT2D eigenvalue weighted by Gasteiger charge is 2.21. The molecule has 1 saturated heterocycles. The number of rotatable bonds is 5. The van der Waals surface area contributed by atoms with E-state index in [9.17, 15) is 4.79 Å². The monoisotopic (exact) mass is 299 g/mol. The van der Waals surface area contributed by atoms with Crippen LogP contribution in [0.5, 0.6) is 0 Å². The molecule has 22 heavy (non-hydrogen) atoms. The smallest absolute Gasteiger partial charge is 0.217 e. The second kappa shape index (κ2) is 6.75. The molecule has 2 aromatic rings. The molecule has 0 aliphatic carbocycles. The van der Waals surface area contributed by atoms with E-state index in [0.29, 0.717) is 12.3 Å². The quantitative estimate of drug-likeness (QED) is 0.920. The van der Waals surface area contributed by atoms with Crippen molar-refractivity contribution >= 4 is 5.91 Å². The molecule has 1 aromatic heterocycles. The van der Waals surface area contributed by atoms with E-state index < -0.39 is 0 Å². The molecule has 1 aliphatic heterocycles. The minimum absolute atomic E-state index is 0.196. The van der Waals surface area contributed by atoms with Gasteiger partial charge in [0, 0.05) is 12.0 Å². The maximum Gasteiger partial charge on any atom is 0.217 e. The van der Waals surface area contributed by atoms with Gasteiger partial charge in [-0.05, 0) is 31.8 Å². The number of hydrogen-bond acceptors (Lipinski definition) is 4. The molecule has 0 unspecified atom stereocenters. The van der Waals surface area contributed by atoms with Gasteiger partial charge in [0.15, 0.2) is 5.76 Å². The van der Waals surface area contributed by atoms with Crippen molar-refractivity contribution in [1.82, 2.24) is 9.88 Å². The maximum atomic E-state index is 11.0. The molecule has 2 heterocycles. The summed E-state index contributed by atoms with van der Waals surface area (Å²) in [5.41, 5.74) is 6.30. The van der Waals surface area contributed by atoms with Gasteiger partial charge in [-0.25, -0.2) is 4.98 Å². The summed E-state index contributed by atoms with van der Waals surface area (Å²) in [5, 5.41) is 0. The number of nitrogens with zero attached hydrogens (tertiary/aromatic N) is 2. The topological polar surface area (TPSA) is 72.4 Å². The van der Waals surface area contributed by atoms with Crippen molar-refractivity contribution in [3.8, 4) is 11.3 Å². The predicted octanol–water partition coefficient (Wildman–Crippen LogP) is 2.43. The van der Waals surface area contributed by atoms with Crippen molar-refractivity contribution in [1.29, 1.82) is 0 Å². The minimum Gasteiger partial charge on any atom is -0.439 e. The van der Waals surface area contributed by atoms with E-state index in [-0.39, 0.29) is 5.91 Å². The van der Waals surface area contributed by atoms with Crippen LogP contribution in [0.2, 0.25) is 0 Å². The Morgan fingerprint density at radius 1 is 1.27 bits per heavy atom. The van der Waals surface area contributed by atoms with Gasteiger partial charge in [0.2, 0.25) is 11.8 Å². The molecule has 5 nitrogen and oxygen atoms in total. The number of oxazole rings is 1. The fourth-order valence-electron chi connectivity index (χ4n) is 2.94. The lowest BCUT2D eigenvalue weighted by atomic mass is 9.93. The zero-order valence-electron chi connectivity index (χ0n) is 12.6. The van der Waals surface area contributed by atoms with Gasteiger partial charge in [0.05, 0.1) is 12.7 Å². The number of likely N-dealkylation sites (tertiary alicyclic amines) is 1. The fourth-order valence-corrected chi connectivity index (χ4v) is 2.94. The average Bonchev–Trinajstić information content (AvgIpc) is 2.98. The molecule has 0 radical (unpaired) electrons. The third-order valence-electron chi connectivity index (χ3n) is 4.17. The number of carbonyl (C=O) groups is 1. The lowest BCUT2D eigenvalue weighted by Gasteiger charge is -2.30. The summed E-state index contributed by atoms with van der Waals surface area (Å²) >= 11 is 0. The van der Waals surface area contributed by atoms with Crippen molar-refractivity contribution in [3.05, 3.63) is 42.4 Å². The summed E-state index contributed by atoms with van der Waals surface area (Å²) in [5.74, 6) is 1.78. The molecule has 0 saturated carbocycles. The van der Waals surface area contributed by atoms with Crippen molar-refractivity contribution in [2.24, 2.45) is 11.7 Å². The second-order valence-electron chi connectivity index (χ2n) is 5.87. The summed E-state index contributed by atoms with van der Waals surface area (Å²) in [6.07, 6.45) is 4.31. The first-order chi connectivity index (χ1) is 10.7. The number of benzene rings is 1. The molecule has 1 aliphatic rings. The number of nitrogens with two attached hydrogens (primary N) is 1. The lowest BCUT2D eigenvalue weighted by molar-refractivity contribution is -0.119. The lowest BCUT2D eigenvalue weighted by Crippen LogP contribution is -2.34. The average molecular weight is 299 g/mol. The van der Waals surface area contributed by atoms with E-state index in [0.717, 1.165) is 49.7 Å². The van der Waals surface area contributed by atoms with Crippen molar-refractivity contribution in [3.63, 3.8) is 0 Å². The fraction of sp³-hybridized carbons (Fsp3) is 0.412. The molecule has 0 atom stereocenters. The van der Waals surface area contributed by atoms with Crippen molar-refractivity contribution in [2.75, 3.05) is 13.1 Å². The van der Waals surface area contributed by atoms with Gasteiger partial charge in [-0.2, -0.15) is 0 Å². The van der Waals surface area contributed by atoms with E-state index in [2.05, 4.69) is 9.88 Å². The Balaban J connectivity index is 1.55. The summed E-state index contributed by atoms with van der Waals surface area (Å²) in [7, 11) is 0. The predicted molar refractivity (Wildman–Crippen MR) is 83.8 cm³/mol. The normalized spacial score (nSPS) is 16.7. The molecule has 0 bridgehead atoms. The van der Waals surface area contributed by atoms with E-state index in [1.807, 2.05) is 30.3 Å². The number of hydrogen-bond donors (Lipinski definition) is 1. The van der Waals surface area contributed by atoms with Crippen molar-refractivity contribution < 1.29 is 9.21 Å². The number of primary amides is 1. The molecule has 2 N–H and O–H groups in total. The van der Waals surface area contributed by atoms with E-state index in [4.69, 9.17) is 10.2 Å². The molecule has 3 rings (SSSR count). The van der Waals surface area contributed by atoms with Crippen LogP contribution in [0.4, 0.5) is 0 Å². The Morgan fingerprint density at radius 2 is 2.00 bits per heavy atom. The first-order valence-electron chi connectivity index (χ1n) is 7.71. The maximum absolute atomic E-state index is 11.0. The van der Waals surface area contributed by atoms with Crippen LogP contribution in [0.1, 0.15) is 25.2 Å². The SMILES string of the molecule is NC(=O)CC1CCN(Cc2ncc(-c3ccccc3)o2)CC1. The Bertz CT molecular complexity index is 616. The molecule has 1 amide bonds. The van der Waals surface area contributed by atoms with Gasteiger partial charge >= 0.3 is 0 Å². The standard InChI is InChI=1S/C17H21N3O2/c18-16(21)10-13-6-8-20(9-7-13)12-17-19-11-15(22-17)14-4-2-1-3-5-14/h1-5,11,13H,6-10,12H2,(H2,18,21). The summed E-state index contributed by atoms with van der Waals surface area (Å²) in [4.78, 5) is 17.7. The van der Waals surface area contributed by atoms with Gasteiger partial charge in [-0.1, -0.05) is 30.3 Å². The molecular weight excluding hydrogens is 278 g/mol. The Labute approximate surface area is 130 Å². The van der Waals surface area contributed by atoms with Crippen LogP contribution in [0.25, 0.3) is 11.3 Å². The molecule has 116 valence electrons. The molecule has 1 aromatic carbocycles. The van der Waals surface area contributed by atoms with Crippen LogP contribution in [-0.4, -0.2) is 28.9 Å². The number of piperidine rings is 1. The zero-order valence-corrected chi connectivity index (χ0v) is 12.6. The van der Waals surface area contributed by atoms with Crippen LogP contribution in [0.15, 0.2) is 40.9 Å². The van der Waals surface area contributed by atoms with Crippen LogP contribution < -0.4 is 5.73 Å².